The number of hydrogen-bond donors (Lipinski definition) is 1. The van der Waals surface area contributed by atoms with Gasteiger partial charge in [0.05, 0.1) is 19.7 Å². The summed E-state index contributed by atoms with van der Waals surface area (Å²) in [5.41, 5.74) is 1.86. The standard InChI is InChI=1S/C21H25FN2O3/c1-14(23-15(2)25)16-4-7-18(8-5-16)27-19-10-11-24(13-19)17-6-9-21(26-3)20(22)12-17/h4-9,12,14,19H,10-11,13H2,1-3H3,(H,23,25). The molecule has 1 aliphatic rings. The molecule has 0 aromatic heterocycles. The number of ether oxygens (including phenoxy) is 2. The molecule has 144 valence electrons. The van der Waals surface area contributed by atoms with Gasteiger partial charge in [-0.25, -0.2) is 4.39 Å². The molecular formula is C21H25FN2O3. The molecule has 5 nitrogen and oxygen atoms in total. The van der Waals surface area contributed by atoms with Crippen LogP contribution in [-0.4, -0.2) is 32.2 Å². The van der Waals surface area contributed by atoms with Crippen LogP contribution < -0.4 is 19.7 Å². The van der Waals surface area contributed by atoms with Gasteiger partial charge in [0.2, 0.25) is 5.91 Å². The molecule has 2 atom stereocenters. The highest BCUT2D eigenvalue weighted by Gasteiger charge is 2.25. The van der Waals surface area contributed by atoms with Crippen LogP contribution in [0.5, 0.6) is 11.5 Å². The van der Waals surface area contributed by atoms with Gasteiger partial charge in [-0.2, -0.15) is 0 Å². The van der Waals surface area contributed by atoms with Crippen LogP contribution in [0.3, 0.4) is 0 Å². The van der Waals surface area contributed by atoms with Crippen LogP contribution in [0, 0.1) is 5.82 Å². The first-order valence-electron chi connectivity index (χ1n) is 9.08. The maximum absolute atomic E-state index is 13.9. The Hall–Kier alpha value is -2.76. The van der Waals surface area contributed by atoms with E-state index in [0.29, 0.717) is 6.54 Å². The molecule has 6 heteroatoms. The van der Waals surface area contributed by atoms with Crippen molar-refractivity contribution in [3.05, 3.63) is 53.8 Å². The number of carbonyl (C=O) groups excluding carboxylic acids is 1. The molecule has 2 aromatic carbocycles. The van der Waals surface area contributed by atoms with Crippen molar-refractivity contribution in [2.75, 3.05) is 25.1 Å². The third-order valence-corrected chi connectivity index (χ3v) is 4.75. The SMILES string of the molecule is COc1ccc(N2CCC(Oc3ccc(C(C)NC(C)=O)cc3)C2)cc1F. The highest BCUT2D eigenvalue weighted by Crippen LogP contribution is 2.28. The third kappa shape index (κ3) is 4.70. The minimum absolute atomic E-state index is 0.0384. The van der Waals surface area contributed by atoms with Crippen molar-refractivity contribution in [2.24, 2.45) is 0 Å². The lowest BCUT2D eigenvalue weighted by Gasteiger charge is -2.20. The van der Waals surface area contributed by atoms with E-state index in [1.54, 1.807) is 6.07 Å². The van der Waals surface area contributed by atoms with Crippen molar-refractivity contribution in [1.82, 2.24) is 5.32 Å². The molecule has 0 spiro atoms. The van der Waals surface area contributed by atoms with Crippen molar-refractivity contribution >= 4 is 11.6 Å². The van der Waals surface area contributed by atoms with Crippen LogP contribution >= 0.6 is 0 Å². The summed E-state index contributed by atoms with van der Waals surface area (Å²) in [6.07, 6.45) is 0.923. The van der Waals surface area contributed by atoms with E-state index in [1.165, 1.54) is 20.1 Å². The molecule has 0 saturated carbocycles. The molecule has 27 heavy (non-hydrogen) atoms. The van der Waals surface area contributed by atoms with Gasteiger partial charge in [0.1, 0.15) is 11.9 Å². The van der Waals surface area contributed by atoms with Gasteiger partial charge in [-0.15, -0.1) is 0 Å². The van der Waals surface area contributed by atoms with Gasteiger partial charge in [0.15, 0.2) is 11.6 Å². The first kappa shape index (κ1) is 19.0. The Bertz CT molecular complexity index is 795. The largest absolute Gasteiger partial charge is 0.494 e. The Labute approximate surface area is 159 Å². The van der Waals surface area contributed by atoms with E-state index in [2.05, 4.69) is 10.2 Å². The Morgan fingerprint density at radius 2 is 2.00 bits per heavy atom. The molecule has 0 aliphatic carbocycles. The highest BCUT2D eigenvalue weighted by atomic mass is 19.1. The predicted molar refractivity (Wildman–Crippen MR) is 103 cm³/mol. The van der Waals surface area contributed by atoms with Crippen LogP contribution in [0.1, 0.15) is 31.9 Å². The molecule has 1 aliphatic heterocycles. The quantitative estimate of drug-likeness (QED) is 0.840. The zero-order valence-electron chi connectivity index (χ0n) is 15.9. The summed E-state index contributed by atoms with van der Waals surface area (Å²) < 4.78 is 25.0. The second-order valence-corrected chi connectivity index (χ2v) is 6.78. The minimum atomic E-state index is -0.358. The Morgan fingerprint density at radius 3 is 2.63 bits per heavy atom. The molecule has 1 N–H and O–H groups in total. The summed E-state index contributed by atoms with van der Waals surface area (Å²) in [5, 5.41) is 2.86. The van der Waals surface area contributed by atoms with Crippen LogP contribution in [0.4, 0.5) is 10.1 Å². The Morgan fingerprint density at radius 1 is 1.26 bits per heavy atom. The molecule has 1 amide bonds. The molecule has 1 heterocycles. The molecule has 0 radical (unpaired) electrons. The van der Waals surface area contributed by atoms with Gasteiger partial charge < -0.3 is 19.7 Å². The van der Waals surface area contributed by atoms with E-state index in [1.807, 2.05) is 37.3 Å². The monoisotopic (exact) mass is 372 g/mol. The number of nitrogens with zero attached hydrogens (tertiary/aromatic N) is 1. The summed E-state index contributed by atoms with van der Waals surface area (Å²) >= 11 is 0. The fraction of sp³-hybridized carbons (Fsp3) is 0.381. The molecule has 0 bridgehead atoms. The second kappa shape index (κ2) is 8.29. The van der Waals surface area contributed by atoms with E-state index >= 15 is 0 Å². The number of benzene rings is 2. The van der Waals surface area contributed by atoms with Crippen LogP contribution in [0.15, 0.2) is 42.5 Å². The van der Waals surface area contributed by atoms with Crippen LogP contribution in [0.25, 0.3) is 0 Å². The average molecular weight is 372 g/mol. The second-order valence-electron chi connectivity index (χ2n) is 6.78. The summed E-state index contributed by atoms with van der Waals surface area (Å²) in [5.74, 6) is 0.632. The normalized spacial score (nSPS) is 17.5. The van der Waals surface area contributed by atoms with Crippen molar-refractivity contribution in [3.63, 3.8) is 0 Å². The lowest BCUT2D eigenvalue weighted by molar-refractivity contribution is -0.119. The van der Waals surface area contributed by atoms with E-state index in [-0.39, 0.29) is 29.6 Å². The lowest BCUT2D eigenvalue weighted by atomic mass is 10.1. The lowest BCUT2D eigenvalue weighted by Crippen LogP contribution is -2.25. The minimum Gasteiger partial charge on any atom is -0.494 e. The summed E-state index contributed by atoms with van der Waals surface area (Å²) in [6, 6.07) is 12.7. The van der Waals surface area contributed by atoms with Gasteiger partial charge in [-0.3, -0.25) is 4.79 Å². The number of nitrogens with one attached hydrogen (secondary N) is 1. The zero-order valence-corrected chi connectivity index (χ0v) is 15.9. The number of hydrogen-bond acceptors (Lipinski definition) is 4. The molecule has 1 fully saturated rings. The molecule has 2 unspecified atom stereocenters. The van der Waals surface area contributed by atoms with Crippen molar-refractivity contribution in [3.8, 4) is 11.5 Å². The smallest absolute Gasteiger partial charge is 0.217 e. The van der Waals surface area contributed by atoms with E-state index in [4.69, 9.17) is 9.47 Å². The van der Waals surface area contributed by atoms with Gasteiger partial charge in [0, 0.05) is 31.6 Å². The van der Waals surface area contributed by atoms with Gasteiger partial charge >= 0.3 is 0 Å². The van der Waals surface area contributed by atoms with E-state index < -0.39 is 0 Å². The van der Waals surface area contributed by atoms with Crippen LogP contribution in [0.2, 0.25) is 0 Å². The Kier molecular flexibility index (Phi) is 5.84. The molecule has 3 rings (SSSR count). The number of anilines is 1. The predicted octanol–water partition coefficient (Wildman–Crippen LogP) is 3.69. The number of halogens is 1. The topological polar surface area (TPSA) is 50.8 Å². The fourth-order valence-corrected chi connectivity index (χ4v) is 3.33. The first-order valence-corrected chi connectivity index (χ1v) is 9.08. The fourth-order valence-electron chi connectivity index (χ4n) is 3.33. The molecular weight excluding hydrogens is 347 g/mol. The third-order valence-electron chi connectivity index (χ3n) is 4.75. The number of amides is 1. The first-order chi connectivity index (χ1) is 13.0. The van der Waals surface area contributed by atoms with E-state index in [0.717, 1.165) is 30.0 Å². The number of methoxy groups -OCH3 is 1. The molecule has 1 saturated heterocycles. The number of carbonyl (C=O) groups is 1. The Balaban J connectivity index is 1.58. The summed E-state index contributed by atoms with van der Waals surface area (Å²) in [6.45, 7) is 4.97. The zero-order chi connectivity index (χ0) is 19.4. The van der Waals surface area contributed by atoms with Gasteiger partial charge in [-0.1, -0.05) is 12.1 Å². The maximum atomic E-state index is 13.9. The van der Waals surface area contributed by atoms with E-state index in [9.17, 15) is 9.18 Å². The van der Waals surface area contributed by atoms with Gasteiger partial charge in [0.25, 0.3) is 0 Å². The summed E-state index contributed by atoms with van der Waals surface area (Å²) in [7, 11) is 1.46. The number of rotatable bonds is 6. The van der Waals surface area contributed by atoms with Gasteiger partial charge in [-0.05, 0) is 36.8 Å². The maximum Gasteiger partial charge on any atom is 0.217 e. The highest BCUT2D eigenvalue weighted by molar-refractivity contribution is 5.73. The van der Waals surface area contributed by atoms with Crippen molar-refractivity contribution in [1.29, 1.82) is 0 Å². The average Bonchev–Trinajstić information content (AvgIpc) is 3.10. The van der Waals surface area contributed by atoms with Crippen molar-refractivity contribution in [2.45, 2.75) is 32.4 Å². The molecule has 2 aromatic rings. The summed E-state index contributed by atoms with van der Waals surface area (Å²) in [4.78, 5) is 13.3. The van der Waals surface area contributed by atoms with Crippen LogP contribution in [-0.2, 0) is 4.79 Å². The van der Waals surface area contributed by atoms with Crippen molar-refractivity contribution < 1.29 is 18.7 Å².